The van der Waals surface area contributed by atoms with Crippen molar-refractivity contribution in [2.24, 2.45) is 0 Å². The van der Waals surface area contributed by atoms with Crippen LogP contribution in [0.3, 0.4) is 0 Å². The molecule has 0 fully saturated rings. The molecular formula is C22H28BrN3O4S. The van der Waals surface area contributed by atoms with Gasteiger partial charge in [-0.3, -0.25) is 13.9 Å². The normalized spacial score (nSPS) is 12.1. The number of carbonyl (C=O) groups is 2. The van der Waals surface area contributed by atoms with Gasteiger partial charge in [0.2, 0.25) is 21.8 Å². The van der Waals surface area contributed by atoms with Crippen molar-refractivity contribution in [3.8, 4) is 0 Å². The third-order valence-electron chi connectivity index (χ3n) is 4.71. The van der Waals surface area contributed by atoms with Gasteiger partial charge in [0, 0.05) is 17.6 Å². The molecule has 0 radical (unpaired) electrons. The Labute approximate surface area is 192 Å². The van der Waals surface area contributed by atoms with Crippen LogP contribution in [-0.2, 0) is 26.2 Å². The van der Waals surface area contributed by atoms with E-state index in [1.54, 1.807) is 31.2 Å². The molecule has 0 saturated carbocycles. The molecule has 0 bridgehead atoms. The number of hydrogen-bond donors (Lipinski definition) is 1. The Bertz CT molecular complexity index is 982. The second-order valence-corrected chi connectivity index (χ2v) is 10.0. The largest absolute Gasteiger partial charge is 0.354 e. The molecule has 0 aliphatic heterocycles. The quantitative estimate of drug-likeness (QED) is 0.532. The lowest BCUT2D eigenvalue weighted by molar-refractivity contribution is -0.139. The second-order valence-electron chi connectivity index (χ2n) is 7.22. The number of benzene rings is 2. The standard InChI is InChI=1S/C22H28BrN3O4S/c1-4-14-24-22(28)17(2)25(15-18-8-6-5-7-9-18)21(27)16-26(31(3,29)30)20-12-10-19(23)11-13-20/h5-13,17H,4,14-16H2,1-3H3,(H,24,28)/t17-/m1/s1. The minimum Gasteiger partial charge on any atom is -0.354 e. The summed E-state index contributed by atoms with van der Waals surface area (Å²) in [6.07, 6.45) is 1.83. The lowest BCUT2D eigenvalue weighted by Crippen LogP contribution is -2.51. The van der Waals surface area contributed by atoms with Crippen molar-refractivity contribution < 1.29 is 18.0 Å². The number of nitrogens with zero attached hydrogens (tertiary/aromatic N) is 2. The van der Waals surface area contributed by atoms with Crippen LogP contribution in [-0.4, -0.2) is 50.5 Å². The third-order valence-corrected chi connectivity index (χ3v) is 6.38. The minimum atomic E-state index is -3.72. The molecule has 0 aromatic heterocycles. The molecule has 31 heavy (non-hydrogen) atoms. The predicted molar refractivity (Wildman–Crippen MR) is 126 cm³/mol. The molecule has 2 rings (SSSR count). The van der Waals surface area contributed by atoms with Crippen LogP contribution in [0.4, 0.5) is 5.69 Å². The van der Waals surface area contributed by atoms with Gasteiger partial charge in [-0.2, -0.15) is 0 Å². The highest BCUT2D eigenvalue weighted by atomic mass is 79.9. The zero-order valence-corrected chi connectivity index (χ0v) is 20.3. The lowest BCUT2D eigenvalue weighted by Gasteiger charge is -2.31. The topological polar surface area (TPSA) is 86.8 Å². The Morgan fingerprint density at radius 3 is 2.23 bits per heavy atom. The Morgan fingerprint density at radius 1 is 1.06 bits per heavy atom. The molecule has 1 N–H and O–H groups in total. The van der Waals surface area contributed by atoms with Crippen molar-refractivity contribution in [1.29, 1.82) is 0 Å². The number of rotatable bonds is 10. The van der Waals surface area contributed by atoms with E-state index in [4.69, 9.17) is 0 Å². The number of amides is 2. The van der Waals surface area contributed by atoms with Crippen molar-refractivity contribution >= 4 is 43.5 Å². The maximum atomic E-state index is 13.3. The fourth-order valence-corrected chi connectivity index (χ4v) is 4.09. The predicted octanol–water partition coefficient (Wildman–Crippen LogP) is 3.16. The third kappa shape index (κ3) is 7.36. The molecular weight excluding hydrogens is 482 g/mol. The van der Waals surface area contributed by atoms with Gasteiger partial charge in [0.15, 0.2) is 0 Å². The average molecular weight is 510 g/mol. The summed E-state index contributed by atoms with van der Waals surface area (Å²) in [7, 11) is -3.72. The van der Waals surface area contributed by atoms with Gasteiger partial charge in [-0.1, -0.05) is 53.2 Å². The van der Waals surface area contributed by atoms with Crippen LogP contribution < -0.4 is 9.62 Å². The summed E-state index contributed by atoms with van der Waals surface area (Å²) in [4.78, 5) is 27.3. The molecule has 2 amide bonds. The van der Waals surface area contributed by atoms with Gasteiger partial charge in [-0.05, 0) is 43.2 Å². The van der Waals surface area contributed by atoms with Gasteiger partial charge in [0.25, 0.3) is 0 Å². The molecule has 0 aliphatic carbocycles. The lowest BCUT2D eigenvalue weighted by atomic mass is 10.1. The van der Waals surface area contributed by atoms with Crippen LogP contribution in [0.15, 0.2) is 59.1 Å². The first-order valence-electron chi connectivity index (χ1n) is 9.98. The Kier molecular flexibility index (Phi) is 9.06. The van der Waals surface area contributed by atoms with E-state index in [-0.39, 0.29) is 12.5 Å². The van der Waals surface area contributed by atoms with Crippen LogP contribution in [0.5, 0.6) is 0 Å². The van der Waals surface area contributed by atoms with Crippen LogP contribution in [0, 0.1) is 0 Å². The number of carbonyl (C=O) groups excluding carboxylic acids is 2. The van der Waals surface area contributed by atoms with Crippen LogP contribution in [0.1, 0.15) is 25.8 Å². The summed E-state index contributed by atoms with van der Waals surface area (Å²) in [5.74, 6) is -0.739. The first-order chi connectivity index (χ1) is 14.6. The fourth-order valence-electron chi connectivity index (χ4n) is 2.98. The van der Waals surface area contributed by atoms with Crippen molar-refractivity contribution in [2.45, 2.75) is 32.9 Å². The highest BCUT2D eigenvalue weighted by Crippen LogP contribution is 2.21. The number of hydrogen-bond acceptors (Lipinski definition) is 4. The van der Waals surface area contributed by atoms with Crippen LogP contribution in [0.2, 0.25) is 0 Å². The van der Waals surface area contributed by atoms with E-state index in [0.29, 0.717) is 12.2 Å². The van der Waals surface area contributed by atoms with E-state index < -0.39 is 28.5 Å². The van der Waals surface area contributed by atoms with Gasteiger partial charge in [0.05, 0.1) is 11.9 Å². The summed E-state index contributed by atoms with van der Waals surface area (Å²) in [6.45, 7) is 3.89. The highest BCUT2D eigenvalue weighted by Gasteiger charge is 2.29. The van der Waals surface area contributed by atoms with E-state index in [2.05, 4.69) is 21.2 Å². The Hall–Kier alpha value is -2.39. The molecule has 2 aromatic carbocycles. The first-order valence-corrected chi connectivity index (χ1v) is 12.6. The number of halogens is 1. The van der Waals surface area contributed by atoms with Crippen LogP contribution in [0.25, 0.3) is 0 Å². The number of sulfonamides is 1. The van der Waals surface area contributed by atoms with Gasteiger partial charge >= 0.3 is 0 Å². The maximum absolute atomic E-state index is 13.3. The zero-order chi connectivity index (χ0) is 23.0. The Balaban J connectivity index is 2.32. The highest BCUT2D eigenvalue weighted by molar-refractivity contribution is 9.10. The number of nitrogens with one attached hydrogen (secondary N) is 1. The van der Waals surface area contributed by atoms with Gasteiger partial charge in [-0.25, -0.2) is 8.42 Å². The molecule has 0 aliphatic rings. The minimum absolute atomic E-state index is 0.193. The molecule has 168 valence electrons. The fraction of sp³-hybridized carbons (Fsp3) is 0.364. The van der Waals surface area contributed by atoms with E-state index >= 15 is 0 Å². The Morgan fingerprint density at radius 2 is 1.68 bits per heavy atom. The molecule has 0 saturated heterocycles. The molecule has 0 spiro atoms. The van der Waals surface area contributed by atoms with Crippen molar-refractivity contribution in [3.63, 3.8) is 0 Å². The second kappa shape index (κ2) is 11.3. The van der Waals surface area contributed by atoms with E-state index in [1.165, 1.54) is 4.90 Å². The first kappa shape index (κ1) is 24.9. The molecule has 1 atom stereocenters. The molecule has 9 heteroatoms. The molecule has 0 heterocycles. The van der Waals surface area contributed by atoms with Gasteiger partial charge in [0.1, 0.15) is 12.6 Å². The smallest absolute Gasteiger partial charge is 0.244 e. The van der Waals surface area contributed by atoms with E-state index in [9.17, 15) is 18.0 Å². The summed E-state index contributed by atoms with van der Waals surface area (Å²) < 4.78 is 26.7. The van der Waals surface area contributed by atoms with Gasteiger partial charge < -0.3 is 10.2 Å². The average Bonchev–Trinajstić information content (AvgIpc) is 2.74. The molecule has 0 unspecified atom stereocenters. The summed E-state index contributed by atoms with van der Waals surface area (Å²) in [5.41, 5.74) is 1.22. The van der Waals surface area contributed by atoms with E-state index in [1.807, 2.05) is 37.3 Å². The van der Waals surface area contributed by atoms with Crippen molar-refractivity contribution in [2.75, 3.05) is 23.7 Å². The maximum Gasteiger partial charge on any atom is 0.244 e. The number of anilines is 1. The van der Waals surface area contributed by atoms with Crippen molar-refractivity contribution in [3.05, 3.63) is 64.6 Å². The summed E-state index contributed by atoms with van der Waals surface area (Å²) in [5, 5.41) is 2.80. The summed E-state index contributed by atoms with van der Waals surface area (Å²) >= 11 is 3.32. The van der Waals surface area contributed by atoms with Crippen LogP contribution >= 0.6 is 15.9 Å². The monoisotopic (exact) mass is 509 g/mol. The van der Waals surface area contributed by atoms with Gasteiger partial charge in [-0.15, -0.1) is 0 Å². The zero-order valence-electron chi connectivity index (χ0n) is 17.9. The molecule has 7 nitrogen and oxygen atoms in total. The molecule has 2 aromatic rings. The van der Waals surface area contributed by atoms with E-state index in [0.717, 1.165) is 27.0 Å². The van der Waals surface area contributed by atoms with Crippen molar-refractivity contribution in [1.82, 2.24) is 10.2 Å². The summed E-state index contributed by atoms with van der Waals surface area (Å²) in [6, 6.07) is 15.2. The SMILES string of the molecule is CCCNC(=O)[C@@H](C)N(Cc1ccccc1)C(=O)CN(c1ccc(Br)cc1)S(C)(=O)=O.